The van der Waals surface area contributed by atoms with E-state index in [4.69, 9.17) is 16.3 Å². The van der Waals surface area contributed by atoms with Crippen LogP contribution in [0.25, 0.3) is 0 Å². The minimum Gasteiger partial charge on any atom is -0.480 e. The van der Waals surface area contributed by atoms with Crippen LogP contribution in [0.15, 0.2) is 10.7 Å². The summed E-state index contributed by atoms with van der Waals surface area (Å²) in [6, 6.07) is 0.398. The van der Waals surface area contributed by atoms with Gasteiger partial charge in [-0.15, -0.1) is 11.6 Å². The number of nitrogens with zero attached hydrogens (tertiary/aromatic N) is 3. The molecule has 1 heterocycles. The maximum Gasteiger partial charge on any atom is 0.232 e. The molecule has 0 aromatic carbocycles. The Morgan fingerprint density at radius 1 is 1.44 bits per heavy atom. The van der Waals surface area contributed by atoms with Crippen LogP contribution in [0.2, 0.25) is 0 Å². The summed E-state index contributed by atoms with van der Waals surface area (Å²) in [5.74, 6) is 1.77. The number of anilines is 1. The molecular weight excluding hydrogens is 318 g/mol. The third-order valence-corrected chi connectivity index (χ3v) is 3.57. The van der Waals surface area contributed by atoms with Gasteiger partial charge in [-0.1, -0.05) is 13.8 Å². The number of alkyl halides is 1. The summed E-state index contributed by atoms with van der Waals surface area (Å²) >= 11 is 9.23. The van der Waals surface area contributed by atoms with E-state index < -0.39 is 0 Å². The van der Waals surface area contributed by atoms with E-state index in [0.717, 1.165) is 23.9 Å². The standard InChI is InChI=1S/C12H19BrClN3O/c1-4-9(5-2)17(7-6-14)12-15-8-10(13)11(16-12)18-3/h8-9H,4-7H2,1-3H3. The Labute approximate surface area is 122 Å². The number of methoxy groups -OCH3 is 1. The molecule has 0 radical (unpaired) electrons. The summed E-state index contributed by atoms with van der Waals surface area (Å²) in [5.41, 5.74) is 0. The van der Waals surface area contributed by atoms with Gasteiger partial charge in [-0.2, -0.15) is 4.98 Å². The highest BCUT2D eigenvalue weighted by Crippen LogP contribution is 2.25. The Hall–Kier alpha value is -0.550. The van der Waals surface area contributed by atoms with Crippen molar-refractivity contribution in [3.63, 3.8) is 0 Å². The number of hydrogen-bond donors (Lipinski definition) is 0. The Bertz CT molecular complexity index is 374. The van der Waals surface area contributed by atoms with E-state index in [9.17, 15) is 0 Å². The topological polar surface area (TPSA) is 38.2 Å². The van der Waals surface area contributed by atoms with Gasteiger partial charge in [-0.05, 0) is 28.8 Å². The molecular formula is C12H19BrClN3O. The maximum absolute atomic E-state index is 5.87. The molecule has 102 valence electrons. The third-order valence-electron chi connectivity index (χ3n) is 2.86. The zero-order valence-electron chi connectivity index (χ0n) is 11.0. The van der Waals surface area contributed by atoms with Gasteiger partial charge in [0.25, 0.3) is 0 Å². The molecule has 0 amide bonds. The fourth-order valence-corrected chi connectivity index (χ4v) is 2.43. The molecule has 0 saturated heterocycles. The highest BCUT2D eigenvalue weighted by Gasteiger charge is 2.19. The lowest BCUT2D eigenvalue weighted by molar-refractivity contribution is 0.392. The van der Waals surface area contributed by atoms with Gasteiger partial charge in [0.15, 0.2) is 0 Å². The molecule has 0 saturated carbocycles. The monoisotopic (exact) mass is 335 g/mol. The number of aromatic nitrogens is 2. The second-order valence-corrected chi connectivity index (χ2v) is 5.11. The molecule has 0 bridgehead atoms. The number of rotatable bonds is 7. The molecule has 0 aliphatic carbocycles. The number of hydrogen-bond acceptors (Lipinski definition) is 4. The molecule has 0 aliphatic rings. The molecule has 0 spiro atoms. The second kappa shape index (κ2) is 7.79. The van der Waals surface area contributed by atoms with Crippen LogP contribution in [0.3, 0.4) is 0 Å². The van der Waals surface area contributed by atoms with E-state index in [0.29, 0.717) is 23.8 Å². The summed E-state index contributed by atoms with van der Waals surface area (Å²) in [6.07, 6.45) is 3.79. The minimum absolute atomic E-state index is 0.398. The lowest BCUT2D eigenvalue weighted by Gasteiger charge is -2.30. The van der Waals surface area contributed by atoms with E-state index in [1.54, 1.807) is 13.3 Å². The summed E-state index contributed by atoms with van der Waals surface area (Å²) in [7, 11) is 1.60. The van der Waals surface area contributed by atoms with Crippen molar-refractivity contribution >= 4 is 33.5 Å². The molecule has 6 heteroatoms. The first-order chi connectivity index (χ1) is 8.67. The largest absolute Gasteiger partial charge is 0.480 e. The van der Waals surface area contributed by atoms with E-state index in [1.807, 2.05) is 0 Å². The Morgan fingerprint density at radius 3 is 2.61 bits per heavy atom. The highest BCUT2D eigenvalue weighted by molar-refractivity contribution is 9.10. The Morgan fingerprint density at radius 2 is 2.11 bits per heavy atom. The molecule has 1 rings (SSSR count). The van der Waals surface area contributed by atoms with Gasteiger partial charge in [0.1, 0.15) is 0 Å². The minimum atomic E-state index is 0.398. The lowest BCUT2D eigenvalue weighted by atomic mass is 10.1. The Kier molecular flexibility index (Phi) is 6.71. The molecule has 0 N–H and O–H groups in total. The van der Waals surface area contributed by atoms with Gasteiger partial charge in [-0.25, -0.2) is 4.98 Å². The normalized spacial score (nSPS) is 10.8. The van der Waals surface area contributed by atoms with Crippen LogP contribution in [-0.2, 0) is 0 Å². The van der Waals surface area contributed by atoms with E-state index in [2.05, 4.69) is 44.6 Å². The molecule has 4 nitrogen and oxygen atoms in total. The molecule has 0 unspecified atom stereocenters. The van der Waals surface area contributed by atoms with Crippen LogP contribution >= 0.6 is 27.5 Å². The van der Waals surface area contributed by atoms with Crippen LogP contribution in [0.1, 0.15) is 26.7 Å². The third kappa shape index (κ3) is 3.72. The number of ether oxygens (including phenoxy) is 1. The van der Waals surface area contributed by atoms with Crippen LogP contribution in [0.4, 0.5) is 5.95 Å². The van der Waals surface area contributed by atoms with E-state index in [1.165, 1.54) is 0 Å². The van der Waals surface area contributed by atoms with Gasteiger partial charge < -0.3 is 9.64 Å². The molecule has 1 aromatic rings. The molecule has 1 aromatic heterocycles. The van der Waals surface area contributed by atoms with Crippen molar-refractivity contribution in [1.82, 2.24) is 9.97 Å². The second-order valence-electron chi connectivity index (χ2n) is 3.88. The quantitative estimate of drug-likeness (QED) is 0.715. The predicted octanol–water partition coefficient (Wildman–Crippen LogP) is 3.48. The molecule has 18 heavy (non-hydrogen) atoms. The van der Waals surface area contributed by atoms with Gasteiger partial charge in [0, 0.05) is 18.5 Å². The first kappa shape index (κ1) is 15.5. The first-order valence-electron chi connectivity index (χ1n) is 6.07. The fraction of sp³-hybridized carbons (Fsp3) is 0.667. The zero-order chi connectivity index (χ0) is 13.5. The molecule has 0 atom stereocenters. The van der Waals surface area contributed by atoms with Crippen molar-refractivity contribution in [3.8, 4) is 5.88 Å². The molecule has 0 aliphatic heterocycles. The smallest absolute Gasteiger partial charge is 0.232 e. The van der Waals surface area contributed by atoms with Gasteiger partial charge in [0.2, 0.25) is 11.8 Å². The maximum atomic E-state index is 5.87. The van der Waals surface area contributed by atoms with E-state index in [-0.39, 0.29) is 0 Å². The predicted molar refractivity (Wildman–Crippen MR) is 78.7 cm³/mol. The molecule has 0 fully saturated rings. The van der Waals surface area contributed by atoms with Crippen molar-refractivity contribution in [2.24, 2.45) is 0 Å². The van der Waals surface area contributed by atoms with Crippen LogP contribution in [0.5, 0.6) is 5.88 Å². The van der Waals surface area contributed by atoms with Crippen molar-refractivity contribution in [2.75, 3.05) is 24.4 Å². The highest BCUT2D eigenvalue weighted by atomic mass is 79.9. The van der Waals surface area contributed by atoms with Crippen LogP contribution < -0.4 is 9.64 Å². The lowest BCUT2D eigenvalue weighted by Crippen LogP contribution is -2.37. The first-order valence-corrected chi connectivity index (χ1v) is 7.39. The summed E-state index contributed by atoms with van der Waals surface area (Å²) in [5, 5.41) is 0. The van der Waals surface area contributed by atoms with Crippen LogP contribution in [0, 0.1) is 0 Å². The summed E-state index contributed by atoms with van der Waals surface area (Å²) < 4.78 is 5.96. The fourth-order valence-electron chi connectivity index (χ4n) is 1.89. The van der Waals surface area contributed by atoms with Gasteiger partial charge in [0.05, 0.1) is 17.8 Å². The number of halogens is 2. The van der Waals surface area contributed by atoms with Crippen molar-refractivity contribution in [2.45, 2.75) is 32.7 Å². The van der Waals surface area contributed by atoms with Crippen molar-refractivity contribution in [3.05, 3.63) is 10.7 Å². The Balaban J connectivity index is 3.04. The van der Waals surface area contributed by atoms with Gasteiger partial charge in [-0.3, -0.25) is 0 Å². The average molecular weight is 337 g/mol. The van der Waals surface area contributed by atoms with Crippen molar-refractivity contribution < 1.29 is 4.74 Å². The summed E-state index contributed by atoms with van der Waals surface area (Å²) in [4.78, 5) is 10.9. The van der Waals surface area contributed by atoms with Gasteiger partial charge >= 0.3 is 0 Å². The van der Waals surface area contributed by atoms with E-state index >= 15 is 0 Å². The summed E-state index contributed by atoms with van der Waals surface area (Å²) in [6.45, 7) is 5.05. The van der Waals surface area contributed by atoms with Crippen LogP contribution in [-0.4, -0.2) is 35.5 Å². The zero-order valence-corrected chi connectivity index (χ0v) is 13.3. The van der Waals surface area contributed by atoms with Crippen molar-refractivity contribution in [1.29, 1.82) is 0 Å². The average Bonchev–Trinajstić information content (AvgIpc) is 2.40. The SMILES string of the molecule is CCC(CC)N(CCCl)c1ncc(Br)c(OC)n1.